The van der Waals surface area contributed by atoms with Gasteiger partial charge in [-0.15, -0.1) is 0 Å². The monoisotopic (exact) mass is 522 g/mol. The van der Waals surface area contributed by atoms with Crippen LogP contribution in [0.25, 0.3) is 0 Å². The number of rotatable bonds is 21. The third-order valence-corrected chi connectivity index (χ3v) is 6.82. The Morgan fingerprint density at radius 1 is 0.763 bits per heavy atom. The molecule has 0 radical (unpaired) electrons. The van der Waals surface area contributed by atoms with Gasteiger partial charge in [0.1, 0.15) is 0 Å². The van der Waals surface area contributed by atoms with Crippen LogP contribution < -0.4 is 0 Å². The van der Waals surface area contributed by atoms with Gasteiger partial charge in [-0.2, -0.15) is 0 Å². The van der Waals surface area contributed by atoms with E-state index < -0.39 is 4.92 Å². The van der Waals surface area contributed by atoms with Crippen LogP contribution in [-0.4, -0.2) is 23.7 Å². The van der Waals surface area contributed by atoms with Gasteiger partial charge in [0.2, 0.25) is 0 Å². The summed E-state index contributed by atoms with van der Waals surface area (Å²) >= 11 is 0. The molecule has 0 bridgehead atoms. The summed E-state index contributed by atoms with van der Waals surface area (Å²) in [7, 11) is 0. The molecule has 0 spiro atoms. The van der Waals surface area contributed by atoms with E-state index >= 15 is 0 Å². The summed E-state index contributed by atoms with van der Waals surface area (Å²) in [5, 5.41) is 11.1. The van der Waals surface area contributed by atoms with Crippen LogP contribution in [0.3, 0.4) is 0 Å². The highest BCUT2D eigenvalue weighted by molar-refractivity contribution is 5.90. The lowest BCUT2D eigenvalue weighted by molar-refractivity contribution is -0.385. The number of benzene rings is 2. The number of nitrogens with zero attached hydrogens (tertiary/aromatic N) is 2. The second kappa shape index (κ2) is 20.0. The second-order valence-electron chi connectivity index (χ2n) is 10.1. The van der Waals surface area contributed by atoms with Crippen molar-refractivity contribution in [1.82, 2.24) is 0 Å². The van der Waals surface area contributed by atoms with Gasteiger partial charge in [0.15, 0.2) is 0 Å². The lowest BCUT2D eigenvalue weighted by Gasteiger charge is -2.06. The Morgan fingerprint density at radius 3 is 1.79 bits per heavy atom. The van der Waals surface area contributed by atoms with E-state index in [1.807, 2.05) is 0 Å². The molecular weight excluding hydrogens is 476 g/mol. The van der Waals surface area contributed by atoms with Gasteiger partial charge < -0.3 is 4.74 Å². The minimum absolute atomic E-state index is 0.00512. The zero-order valence-corrected chi connectivity index (χ0v) is 23.2. The fourth-order valence-corrected chi connectivity index (χ4v) is 4.49. The number of unbranched alkanes of at least 4 members (excludes halogenated alkanes) is 15. The molecule has 6 heteroatoms. The number of ether oxygens (including phenoxy) is 1. The number of nitro benzene ring substituents is 1. The van der Waals surface area contributed by atoms with E-state index in [-0.39, 0.29) is 11.7 Å². The standard InChI is InChI=1S/C32H46N2O4/c1-2-3-4-5-6-7-8-9-10-11-12-13-14-15-16-19-26-38-32(35)28-22-24-30(25-23-28)33-27-29-20-17-18-21-31(29)34(36)37/h17-18,20-25,27H,2-16,19,26H2,1H3. The molecular formula is C32H46N2O4. The summed E-state index contributed by atoms with van der Waals surface area (Å²) in [5.74, 6) is -0.333. The van der Waals surface area contributed by atoms with E-state index in [0.29, 0.717) is 23.4 Å². The van der Waals surface area contributed by atoms with Crippen molar-refractivity contribution < 1.29 is 14.5 Å². The molecule has 2 aromatic rings. The molecule has 2 aromatic carbocycles. The molecule has 208 valence electrons. The van der Waals surface area contributed by atoms with E-state index in [0.717, 1.165) is 12.8 Å². The van der Waals surface area contributed by atoms with Crippen molar-refractivity contribution >= 4 is 23.6 Å². The van der Waals surface area contributed by atoms with Crippen LogP contribution in [0, 0.1) is 10.1 Å². The maximum absolute atomic E-state index is 12.3. The van der Waals surface area contributed by atoms with Crippen molar-refractivity contribution in [2.75, 3.05) is 6.61 Å². The lowest BCUT2D eigenvalue weighted by atomic mass is 10.0. The van der Waals surface area contributed by atoms with Crippen LogP contribution in [0.2, 0.25) is 0 Å². The first kappa shape index (κ1) is 31.2. The zero-order valence-electron chi connectivity index (χ0n) is 23.2. The van der Waals surface area contributed by atoms with Gasteiger partial charge >= 0.3 is 5.97 Å². The maximum atomic E-state index is 12.3. The van der Waals surface area contributed by atoms with Crippen molar-refractivity contribution in [3.05, 3.63) is 69.8 Å². The Morgan fingerprint density at radius 2 is 1.26 bits per heavy atom. The highest BCUT2D eigenvalue weighted by Crippen LogP contribution is 2.19. The Balaban J connectivity index is 1.48. The topological polar surface area (TPSA) is 81.8 Å². The van der Waals surface area contributed by atoms with E-state index in [2.05, 4.69) is 11.9 Å². The maximum Gasteiger partial charge on any atom is 0.338 e. The van der Waals surface area contributed by atoms with Crippen LogP contribution >= 0.6 is 0 Å². The van der Waals surface area contributed by atoms with Crippen molar-refractivity contribution in [3.8, 4) is 0 Å². The van der Waals surface area contributed by atoms with Gasteiger partial charge in [-0.05, 0) is 36.8 Å². The summed E-state index contributed by atoms with van der Waals surface area (Å²) in [4.78, 5) is 27.2. The molecule has 0 atom stereocenters. The number of hydrogen-bond donors (Lipinski definition) is 0. The van der Waals surface area contributed by atoms with Gasteiger partial charge in [-0.1, -0.05) is 115 Å². The third-order valence-electron chi connectivity index (χ3n) is 6.82. The largest absolute Gasteiger partial charge is 0.462 e. The number of carbonyl (C=O) groups is 1. The van der Waals surface area contributed by atoms with Gasteiger partial charge in [0.05, 0.1) is 28.3 Å². The summed E-state index contributed by atoms with van der Waals surface area (Å²) in [6, 6.07) is 13.2. The molecule has 0 fully saturated rings. The van der Waals surface area contributed by atoms with Gasteiger partial charge in [-0.3, -0.25) is 15.1 Å². The first-order valence-electron chi connectivity index (χ1n) is 14.7. The Labute approximate surface area is 229 Å². The molecule has 0 saturated heterocycles. The summed E-state index contributed by atoms with van der Waals surface area (Å²) in [5.41, 5.74) is 1.52. The quantitative estimate of drug-likeness (QED) is 0.0537. The van der Waals surface area contributed by atoms with Crippen molar-refractivity contribution in [3.63, 3.8) is 0 Å². The molecule has 6 nitrogen and oxygen atoms in total. The molecule has 0 aliphatic heterocycles. The Kier molecular flexibility index (Phi) is 16.4. The van der Waals surface area contributed by atoms with E-state index in [4.69, 9.17) is 4.74 Å². The number of esters is 1. The van der Waals surface area contributed by atoms with Gasteiger partial charge in [-0.25, -0.2) is 4.79 Å². The van der Waals surface area contributed by atoms with Gasteiger partial charge in [0, 0.05) is 12.3 Å². The summed E-state index contributed by atoms with van der Waals surface area (Å²) < 4.78 is 5.41. The number of para-hydroxylation sites is 1. The van der Waals surface area contributed by atoms with Crippen LogP contribution in [0.15, 0.2) is 53.5 Å². The van der Waals surface area contributed by atoms with Crippen molar-refractivity contribution in [2.45, 2.75) is 110 Å². The molecule has 2 rings (SSSR count). The molecule has 0 N–H and O–H groups in total. The normalized spacial score (nSPS) is 11.2. The first-order valence-corrected chi connectivity index (χ1v) is 14.7. The molecule has 0 heterocycles. The number of aliphatic imine (C=N–C) groups is 1. The highest BCUT2D eigenvalue weighted by atomic mass is 16.6. The Bertz CT molecular complexity index is 956. The third kappa shape index (κ3) is 13.5. The summed E-state index contributed by atoms with van der Waals surface area (Å²) in [6.45, 7) is 2.71. The molecule has 0 aromatic heterocycles. The van der Waals surface area contributed by atoms with Crippen LogP contribution in [-0.2, 0) is 4.74 Å². The number of nitro groups is 1. The van der Waals surface area contributed by atoms with E-state index in [9.17, 15) is 14.9 Å². The van der Waals surface area contributed by atoms with E-state index in [1.165, 1.54) is 102 Å². The van der Waals surface area contributed by atoms with Crippen LogP contribution in [0.5, 0.6) is 0 Å². The lowest BCUT2D eigenvalue weighted by Crippen LogP contribution is -2.06. The molecule has 38 heavy (non-hydrogen) atoms. The molecule has 0 aliphatic carbocycles. The SMILES string of the molecule is CCCCCCCCCCCCCCCCCCOC(=O)c1ccc(N=Cc2ccccc2[N+](=O)[O-])cc1. The average molecular weight is 523 g/mol. The fourth-order valence-electron chi connectivity index (χ4n) is 4.49. The Hall–Kier alpha value is -3.02. The van der Waals surface area contributed by atoms with Crippen LogP contribution in [0.1, 0.15) is 126 Å². The predicted molar refractivity (Wildman–Crippen MR) is 157 cm³/mol. The minimum atomic E-state index is -0.431. The van der Waals surface area contributed by atoms with Crippen molar-refractivity contribution in [1.29, 1.82) is 0 Å². The highest BCUT2D eigenvalue weighted by Gasteiger charge is 2.10. The fraction of sp³-hybridized carbons (Fsp3) is 0.562. The molecule has 0 amide bonds. The van der Waals surface area contributed by atoms with Gasteiger partial charge in [0.25, 0.3) is 5.69 Å². The van der Waals surface area contributed by atoms with Crippen LogP contribution in [0.4, 0.5) is 11.4 Å². The smallest absolute Gasteiger partial charge is 0.338 e. The minimum Gasteiger partial charge on any atom is -0.462 e. The first-order chi connectivity index (χ1) is 18.6. The van der Waals surface area contributed by atoms with E-state index in [1.54, 1.807) is 42.5 Å². The molecule has 0 aliphatic rings. The second-order valence-corrected chi connectivity index (χ2v) is 10.1. The number of hydrogen-bond acceptors (Lipinski definition) is 5. The zero-order chi connectivity index (χ0) is 27.3. The predicted octanol–water partition coefficient (Wildman–Crippen LogP) is 9.76. The number of carbonyl (C=O) groups excluding carboxylic acids is 1. The molecule has 0 saturated carbocycles. The van der Waals surface area contributed by atoms with Crippen molar-refractivity contribution in [2.24, 2.45) is 4.99 Å². The average Bonchev–Trinajstić information content (AvgIpc) is 2.93. The molecule has 0 unspecified atom stereocenters. The summed E-state index contributed by atoms with van der Waals surface area (Å²) in [6.07, 6.45) is 22.5.